The van der Waals surface area contributed by atoms with Gasteiger partial charge in [0.25, 0.3) is 0 Å². The van der Waals surface area contributed by atoms with Gasteiger partial charge in [0.15, 0.2) is 0 Å². The highest BCUT2D eigenvalue weighted by atomic mass is 15.3. The second-order valence-electron chi connectivity index (χ2n) is 5.97. The molecule has 1 heterocycles. The average Bonchev–Trinajstić information content (AvgIpc) is 2.99. The minimum Gasteiger partial charge on any atom is -0.297 e. The number of hydrogen-bond acceptors (Lipinski definition) is 3. The van der Waals surface area contributed by atoms with E-state index in [0.29, 0.717) is 0 Å². The zero-order chi connectivity index (χ0) is 15.8. The molecule has 0 fully saturated rings. The summed E-state index contributed by atoms with van der Waals surface area (Å²) in [5.41, 5.74) is 4.44. The summed E-state index contributed by atoms with van der Waals surface area (Å²) in [6, 6.07) is 8.50. The molecule has 0 atom stereocenters. The molecular weight excluding hydrogens is 272 g/mol. The molecule has 0 bridgehead atoms. The van der Waals surface area contributed by atoms with Crippen molar-refractivity contribution in [1.82, 2.24) is 20.3 Å². The second kappa shape index (κ2) is 8.69. The van der Waals surface area contributed by atoms with E-state index in [1.165, 1.54) is 31.2 Å². The van der Waals surface area contributed by atoms with Crippen LogP contribution in [-0.4, -0.2) is 33.4 Å². The van der Waals surface area contributed by atoms with Gasteiger partial charge in [-0.25, -0.2) is 0 Å². The molecule has 0 saturated heterocycles. The normalized spacial score (nSPS) is 11.3. The SMILES string of the molecule is CCCCN(CCCC)Cc1n[nH]nc1-c1ccc(C)cc1. The Bertz CT molecular complexity index is 536. The maximum absolute atomic E-state index is 4.39. The van der Waals surface area contributed by atoms with Crippen LogP contribution < -0.4 is 0 Å². The molecule has 22 heavy (non-hydrogen) atoms. The van der Waals surface area contributed by atoms with Crippen LogP contribution in [0.25, 0.3) is 11.3 Å². The van der Waals surface area contributed by atoms with E-state index in [-0.39, 0.29) is 0 Å². The van der Waals surface area contributed by atoms with E-state index >= 15 is 0 Å². The van der Waals surface area contributed by atoms with Crippen molar-refractivity contribution in [3.63, 3.8) is 0 Å². The first-order chi connectivity index (χ1) is 10.7. The lowest BCUT2D eigenvalue weighted by Gasteiger charge is -2.21. The highest BCUT2D eigenvalue weighted by molar-refractivity contribution is 5.61. The first-order valence-corrected chi connectivity index (χ1v) is 8.43. The first-order valence-electron chi connectivity index (χ1n) is 8.43. The van der Waals surface area contributed by atoms with Gasteiger partial charge in [0.1, 0.15) is 11.4 Å². The standard InChI is InChI=1S/C18H28N4/c1-4-6-12-22(13-7-5-2)14-17-18(20-21-19-17)16-10-8-15(3)9-11-16/h8-11H,4-7,12-14H2,1-3H3,(H,19,20,21). The number of hydrogen-bond donors (Lipinski definition) is 1. The zero-order valence-corrected chi connectivity index (χ0v) is 14.1. The molecule has 0 aliphatic carbocycles. The number of H-pyrrole nitrogens is 1. The van der Waals surface area contributed by atoms with Gasteiger partial charge in [-0.3, -0.25) is 4.90 Å². The quantitative estimate of drug-likeness (QED) is 0.755. The van der Waals surface area contributed by atoms with E-state index in [2.05, 4.69) is 65.3 Å². The topological polar surface area (TPSA) is 44.8 Å². The summed E-state index contributed by atoms with van der Waals surface area (Å²) in [6.45, 7) is 9.73. The van der Waals surface area contributed by atoms with Gasteiger partial charge in [-0.1, -0.05) is 56.5 Å². The third-order valence-corrected chi connectivity index (χ3v) is 3.97. The van der Waals surface area contributed by atoms with Crippen LogP contribution in [0.2, 0.25) is 0 Å². The smallest absolute Gasteiger partial charge is 0.117 e. The van der Waals surface area contributed by atoms with Crippen LogP contribution in [0.4, 0.5) is 0 Å². The number of aromatic nitrogens is 3. The number of aryl methyl sites for hydroxylation is 1. The third kappa shape index (κ3) is 4.67. The Balaban J connectivity index is 2.10. The molecular formula is C18H28N4. The number of nitrogens with one attached hydrogen (secondary N) is 1. The molecule has 4 heteroatoms. The van der Waals surface area contributed by atoms with Gasteiger partial charge in [-0.05, 0) is 32.9 Å². The Hall–Kier alpha value is -1.68. The van der Waals surface area contributed by atoms with E-state index in [1.54, 1.807) is 0 Å². The van der Waals surface area contributed by atoms with Gasteiger partial charge >= 0.3 is 0 Å². The number of rotatable bonds is 9. The van der Waals surface area contributed by atoms with Crippen molar-refractivity contribution in [3.8, 4) is 11.3 Å². The fraction of sp³-hybridized carbons (Fsp3) is 0.556. The third-order valence-electron chi connectivity index (χ3n) is 3.97. The van der Waals surface area contributed by atoms with E-state index in [0.717, 1.165) is 36.6 Å². The first kappa shape index (κ1) is 16.7. The van der Waals surface area contributed by atoms with Crippen LogP contribution in [0.3, 0.4) is 0 Å². The molecule has 0 saturated carbocycles. The summed E-state index contributed by atoms with van der Waals surface area (Å²) in [5, 5.41) is 11.6. The number of aromatic amines is 1. The summed E-state index contributed by atoms with van der Waals surface area (Å²) < 4.78 is 0. The second-order valence-corrected chi connectivity index (χ2v) is 5.97. The van der Waals surface area contributed by atoms with E-state index in [9.17, 15) is 0 Å². The van der Waals surface area contributed by atoms with Crippen LogP contribution in [0.1, 0.15) is 50.8 Å². The molecule has 0 amide bonds. The van der Waals surface area contributed by atoms with Gasteiger partial charge in [0.2, 0.25) is 0 Å². The molecule has 0 aliphatic rings. The summed E-state index contributed by atoms with van der Waals surface area (Å²) in [4.78, 5) is 2.50. The van der Waals surface area contributed by atoms with Crippen molar-refractivity contribution >= 4 is 0 Å². The minimum absolute atomic E-state index is 0.875. The Morgan fingerprint density at radius 3 is 2.18 bits per heavy atom. The summed E-state index contributed by atoms with van der Waals surface area (Å²) in [7, 11) is 0. The summed E-state index contributed by atoms with van der Waals surface area (Å²) >= 11 is 0. The van der Waals surface area contributed by atoms with Crippen LogP contribution in [0, 0.1) is 6.92 Å². The molecule has 1 aromatic carbocycles. The van der Waals surface area contributed by atoms with Gasteiger partial charge in [-0.2, -0.15) is 15.4 Å². The fourth-order valence-electron chi connectivity index (χ4n) is 2.55. The van der Waals surface area contributed by atoms with Crippen molar-refractivity contribution in [2.24, 2.45) is 0 Å². The fourth-order valence-corrected chi connectivity index (χ4v) is 2.55. The molecule has 0 radical (unpaired) electrons. The Morgan fingerprint density at radius 1 is 0.955 bits per heavy atom. The average molecular weight is 300 g/mol. The zero-order valence-electron chi connectivity index (χ0n) is 14.1. The molecule has 2 aromatic rings. The molecule has 2 rings (SSSR count). The maximum Gasteiger partial charge on any atom is 0.117 e. The maximum atomic E-state index is 4.39. The lowest BCUT2D eigenvalue weighted by Crippen LogP contribution is -2.26. The Labute approximate surface area is 133 Å². The Morgan fingerprint density at radius 2 is 1.59 bits per heavy atom. The van der Waals surface area contributed by atoms with E-state index < -0.39 is 0 Å². The summed E-state index contributed by atoms with van der Waals surface area (Å²) in [5.74, 6) is 0. The van der Waals surface area contributed by atoms with E-state index in [1.807, 2.05) is 0 Å². The van der Waals surface area contributed by atoms with Crippen LogP contribution in [0.5, 0.6) is 0 Å². The Kier molecular flexibility index (Phi) is 6.59. The molecule has 0 unspecified atom stereocenters. The lowest BCUT2D eigenvalue weighted by molar-refractivity contribution is 0.254. The molecule has 4 nitrogen and oxygen atoms in total. The van der Waals surface area contributed by atoms with Crippen LogP contribution in [0.15, 0.2) is 24.3 Å². The predicted molar refractivity (Wildman–Crippen MR) is 91.6 cm³/mol. The van der Waals surface area contributed by atoms with Crippen molar-refractivity contribution in [2.75, 3.05) is 13.1 Å². The summed E-state index contributed by atoms with van der Waals surface area (Å²) in [6.07, 6.45) is 4.93. The van der Waals surface area contributed by atoms with Crippen molar-refractivity contribution in [1.29, 1.82) is 0 Å². The van der Waals surface area contributed by atoms with Crippen molar-refractivity contribution < 1.29 is 0 Å². The van der Waals surface area contributed by atoms with Gasteiger partial charge in [-0.15, -0.1) is 0 Å². The molecule has 0 spiro atoms. The van der Waals surface area contributed by atoms with Gasteiger partial charge < -0.3 is 0 Å². The van der Waals surface area contributed by atoms with Crippen molar-refractivity contribution in [3.05, 3.63) is 35.5 Å². The van der Waals surface area contributed by atoms with Gasteiger partial charge in [0.05, 0.1) is 0 Å². The van der Waals surface area contributed by atoms with Crippen LogP contribution in [-0.2, 0) is 6.54 Å². The monoisotopic (exact) mass is 300 g/mol. The predicted octanol–water partition coefficient (Wildman–Crippen LogP) is 4.18. The van der Waals surface area contributed by atoms with E-state index in [4.69, 9.17) is 0 Å². The number of unbranched alkanes of at least 4 members (excludes halogenated alkanes) is 2. The minimum atomic E-state index is 0.875. The molecule has 1 aromatic heterocycles. The lowest BCUT2D eigenvalue weighted by atomic mass is 10.1. The molecule has 120 valence electrons. The number of benzene rings is 1. The molecule has 0 aliphatic heterocycles. The molecule has 1 N–H and O–H groups in total. The van der Waals surface area contributed by atoms with Crippen LogP contribution >= 0.6 is 0 Å². The van der Waals surface area contributed by atoms with Crippen molar-refractivity contribution in [2.45, 2.75) is 53.0 Å². The number of nitrogens with zero attached hydrogens (tertiary/aromatic N) is 3. The largest absolute Gasteiger partial charge is 0.297 e. The van der Waals surface area contributed by atoms with Gasteiger partial charge in [0, 0.05) is 12.1 Å². The highest BCUT2D eigenvalue weighted by Gasteiger charge is 2.14. The highest BCUT2D eigenvalue weighted by Crippen LogP contribution is 2.21.